The maximum atomic E-state index is 12.4. The van der Waals surface area contributed by atoms with Crippen molar-refractivity contribution in [3.63, 3.8) is 0 Å². The molecule has 0 fully saturated rings. The maximum Gasteiger partial charge on any atom is 0.269 e. The van der Waals surface area contributed by atoms with E-state index < -0.39 is 5.91 Å². The third-order valence-corrected chi connectivity index (χ3v) is 7.30. The van der Waals surface area contributed by atoms with E-state index in [1.807, 2.05) is 24.4 Å². The van der Waals surface area contributed by atoms with Gasteiger partial charge in [0, 0.05) is 62.6 Å². The number of nitrogens with zero attached hydrogens (tertiary/aromatic N) is 2. The van der Waals surface area contributed by atoms with Gasteiger partial charge in [-0.1, -0.05) is 36.4 Å². The number of para-hydroxylation sites is 1. The third-order valence-electron chi connectivity index (χ3n) is 7.30. The summed E-state index contributed by atoms with van der Waals surface area (Å²) in [4.78, 5) is 34.5. The van der Waals surface area contributed by atoms with Gasteiger partial charge in [-0.2, -0.15) is 0 Å². The SMILES string of the molecule is CN(C)C(=O)c1cc(CN(CCc2c[nH]c3ccccc23)C2CCc3cc(C=CC(=O)NO)ccc32)c[nH]1. The fourth-order valence-electron chi connectivity index (χ4n) is 5.38. The van der Waals surface area contributed by atoms with Crippen molar-refractivity contribution in [1.29, 1.82) is 0 Å². The predicted octanol–water partition coefficient (Wildman–Crippen LogP) is 4.45. The Morgan fingerprint density at radius 2 is 1.95 bits per heavy atom. The number of carbonyl (C=O) groups is 2. The number of aromatic nitrogens is 2. The number of hydroxylamine groups is 1. The zero-order valence-corrected chi connectivity index (χ0v) is 21.7. The number of hydrogen-bond donors (Lipinski definition) is 4. The molecular weight excluding hydrogens is 478 g/mol. The van der Waals surface area contributed by atoms with Crippen molar-refractivity contribution in [3.8, 4) is 0 Å². The Labute approximate surface area is 221 Å². The van der Waals surface area contributed by atoms with Gasteiger partial charge >= 0.3 is 0 Å². The molecule has 1 atom stereocenters. The molecule has 4 aromatic rings. The van der Waals surface area contributed by atoms with E-state index >= 15 is 0 Å². The number of fused-ring (bicyclic) bond motifs is 2. The minimum absolute atomic E-state index is 0.0386. The average molecular weight is 512 g/mol. The van der Waals surface area contributed by atoms with Crippen LogP contribution < -0.4 is 5.48 Å². The summed E-state index contributed by atoms with van der Waals surface area (Å²) in [6.45, 7) is 1.59. The number of H-pyrrole nitrogens is 2. The zero-order chi connectivity index (χ0) is 26.6. The van der Waals surface area contributed by atoms with E-state index in [0.29, 0.717) is 5.69 Å². The van der Waals surface area contributed by atoms with Crippen LogP contribution in [0.25, 0.3) is 17.0 Å². The van der Waals surface area contributed by atoms with Crippen LogP contribution >= 0.6 is 0 Å². The van der Waals surface area contributed by atoms with E-state index in [9.17, 15) is 9.59 Å². The molecule has 4 N–H and O–H groups in total. The second-order valence-electron chi connectivity index (χ2n) is 10.0. The van der Waals surface area contributed by atoms with Crippen LogP contribution in [0.1, 0.15) is 50.8 Å². The molecule has 0 aliphatic heterocycles. The van der Waals surface area contributed by atoms with Crippen molar-refractivity contribution in [2.75, 3.05) is 20.6 Å². The number of nitrogens with one attached hydrogen (secondary N) is 3. The van der Waals surface area contributed by atoms with Gasteiger partial charge in [0.05, 0.1) is 0 Å². The lowest BCUT2D eigenvalue weighted by molar-refractivity contribution is -0.124. The predicted molar refractivity (Wildman–Crippen MR) is 148 cm³/mol. The van der Waals surface area contributed by atoms with Gasteiger partial charge < -0.3 is 14.9 Å². The number of benzene rings is 2. The number of aromatic amines is 2. The number of aryl methyl sites for hydroxylation is 1. The first-order valence-electron chi connectivity index (χ1n) is 12.9. The van der Waals surface area contributed by atoms with Crippen molar-refractivity contribution in [2.45, 2.75) is 31.8 Å². The monoisotopic (exact) mass is 511 g/mol. The molecule has 2 amide bonds. The molecule has 38 heavy (non-hydrogen) atoms. The van der Waals surface area contributed by atoms with Crippen molar-refractivity contribution in [2.24, 2.45) is 0 Å². The first-order valence-corrected chi connectivity index (χ1v) is 12.9. The van der Waals surface area contributed by atoms with Crippen LogP contribution in [0.3, 0.4) is 0 Å². The van der Waals surface area contributed by atoms with Gasteiger partial charge in [0.15, 0.2) is 0 Å². The fraction of sp³-hybridized carbons (Fsp3) is 0.267. The van der Waals surface area contributed by atoms with E-state index in [1.165, 1.54) is 28.2 Å². The molecule has 0 bridgehead atoms. The summed E-state index contributed by atoms with van der Waals surface area (Å²) in [6.07, 6.45) is 9.93. The first-order chi connectivity index (χ1) is 18.4. The molecule has 2 heterocycles. The molecule has 2 aromatic carbocycles. The topological polar surface area (TPSA) is 104 Å². The smallest absolute Gasteiger partial charge is 0.269 e. The highest BCUT2D eigenvalue weighted by atomic mass is 16.5. The molecule has 1 unspecified atom stereocenters. The van der Waals surface area contributed by atoms with Crippen molar-refractivity contribution < 1.29 is 14.8 Å². The van der Waals surface area contributed by atoms with Gasteiger partial charge in [-0.05, 0) is 65.3 Å². The normalized spacial score (nSPS) is 14.9. The molecule has 0 spiro atoms. The Balaban J connectivity index is 1.40. The Hall–Kier alpha value is -4.14. The molecule has 0 saturated heterocycles. The van der Waals surface area contributed by atoms with E-state index in [2.05, 4.69) is 51.4 Å². The van der Waals surface area contributed by atoms with E-state index in [-0.39, 0.29) is 11.9 Å². The molecule has 2 aromatic heterocycles. The Kier molecular flexibility index (Phi) is 7.44. The van der Waals surface area contributed by atoms with Gasteiger partial charge in [-0.3, -0.25) is 19.7 Å². The van der Waals surface area contributed by atoms with Crippen LogP contribution in [-0.2, 0) is 24.2 Å². The maximum absolute atomic E-state index is 12.4. The summed E-state index contributed by atoms with van der Waals surface area (Å²) in [5, 5.41) is 9.99. The Morgan fingerprint density at radius 3 is 2.76 bits per heavy atom. The van der Waals surface area contributed by atoms with Crippen molar-refractivity contribution in [3.05, 3.63) is 101 Å². The average Bonchev–Trinajstić information content (AvgIpc) is 3.67. The van der Waals surface area contributed by atoms with Crippen LogP contribution in [-0.4, -0.2) is 57.4 Å². The summed E-state index contributed by atoms with van der Waals surface area (Å²) in [5.74, 6) is -0.589. The molecule has 1 aliphatic carbocycles. The minimum atomic E-state index is -0.551. The van der Waals surface area contributed by atoms with Crippen LogP contribution in [0.5, 0.6) is 0 Å². The largest absolute Gasteiger partial charge is 0.361 e. The number of rotatable bonds is 9. The summed E-state index contributed by atoms with van der Waals surface area (Å²) in [5.41, 5.74) is 9.24. The second kappa shape index (κ2) is 11.1. The highest BCUT2D eigenvalue weighted by Gasteiger charge is 2.28. The quantitative estimate of drug-likeness (QED) is 0.151. The van der Waals surface area contributed by atoms with Gasteiger partial charge in [0.2, 0.25) is 0 Å². The van der Waals surface area contributed by atoms with E-state index in [4.69, 9.17) is 5.21 Å². The standard InChI is InChI=1S/C30H33N5O3/c1-34(2)30(37)27-16-21(17-31-27)19-35(14-13-23-18-32-26-6-4-3-5-24(23)26)28-11-9-22-15-20(7-10-25(22)28)8-12-29(36)33-38/h3-8,10,12,15-18,28,31-32,38H,9,11,13-14,19H2,1-2H3,(H,33,36). The fourth-order valence-corrected chi connectivity index (χ4v) is 5.38. The van der Waals surface area contributed by atoms with Gasteiger partial charge in [-0.25, -0.2) is 5.48 Å². The molecule has 8 nitrogen and oxygen atoms in total. The minimum Gasteiger partial charge on any atom is -0.361 e. The van der Waals surface area contributed by atoms with Crippen LogP contribution in [0, 0.1) is 0 Å². The Bertz CT molecular complexity index is 1480. The summed E-state index contributed by atoms with van der Waals surface area (Å²) >= 11 is 0. The molecular formula is C30H33N5O3. The lowest BCUT2D eigenvalue weighted by Crippen LogP contribution is -2.29. The lowest BCUT2D eigenvalue weighted by Gasteiger charge is -2.29. The third kappa shape index (κ3) is 5.41. The van der Waals surface area contributed by atoms with Crippen LogP contribution in [0.4, 0.5) is 0 Å². The number of amides is 2. The van der Waals surface area contributed by atoms with Crippen molar-refractivity contribution >= 4 is 28.8 Å². The highest BCUT2D eigenvalue weighted by Crippen LogP contribution is 2.37. The molecule has 196 valence electrons. The molecule has 8 heteroatoms. The number of hydrogen-bond acceptors (Lipinski definition) is 4. The van der Waals surface area contributed by atoms with E-state index in [1.54, 1.807) is 30.6 Å². The van der Waals surface area contributed by atoms with Gasteiger partial charge in [-0.15, -0.1) is 0 Å². The molecule has 5 rings (SSSR count). The summed E-state index contributed by atoms with van der Waals surface area (Å²) in [7, 11) is 3.51. The van der Waals surface area contributed by atoms with Crippen LogP contribution in [0.15, 0.2) is 67.0 Å². The van der Waals surface area contributed by atoms with Gasteiger partial charge in [0.1, 0.15) is 5.69 Å². The van der Waals surface area contributed by atoms with Crippen LogP contribution in [0.2, 0.25) is 0 Å². The number of carbonyl (C=O) groups excluding carboxylic acids is 2. The zero-order valence-electron chi connectivity index (χ0n) is 21.7. The second-order valence-corrected chi connectivity index (χ2v) is 10.0. The summed E-state index contributed by atoms with van der Waals surface area (Å²) < 4.78 is 0. The molecule has 0 saturated carbocycles. The Morgan fingerprint density at radius 1 is 1.11 bits per heavy atom. The first kappa shape index (κ1) is 25.5. The highest BCUT2D eigenvalue weighted by molar-refractivity contribution is 5.92. The van der Waals surface area contributed by atoms with E-state index in [0.717, 1.165) is 49.0 Å². The van der Waals surface area contributed by atoms with Gasteiger partial charge in [0.25, 0.3) is 11.8 Å². The summed E-state index contributed by atoms with van der Waals surface area (Å²) in [6, 6.07) is 16.9. The van der Waals surface area contributed by atoms with Crippen molar-refractivity contribution in [1.82, 2.24) is 25.2 Å². The molecule has 1 aliphatic rings. The molecule has 0 radical (unpaired) electrons. The lowest BCUT2D eigenvalue weighted by atomic mass is 10.0.